The second-order valence-corrected chi connectivity index (χ2v) is 9.81. The number of hydrogen-bond acceptors (Lipinski definition) is 5. The Bertz CT molecular complexity index is 1410. The highest BCUT2D eigenvalue weighted by Gasteiger charge is 2.64. The van der Waals surface area contributed by atoms with E-state index < -0.39 is 11.6 Å². The molecule has 0 saturated heterocycles. The zero-order chi connectivity index (χ0) is 25.1. The zero-order valence-electron chi connectivity index (χ0n) is 20.0. The van der Waals surface area contributed by atoms with Crippen molar-refractivity contribution < 1.29 is 22.4 Å². The molecule has 0 atom stereocenters. The van der Waals surface area contributed by atoms with Gasteiger partial charge in [-0.25, -0.2) is 0 Å². The first-order valence-corrected chi connectivity index (χ1v) is 11.9. The third-order valence-corrected chi connectivity index (χ3v) is 7.49. The van der Waals surface area contributed by atoms with Crippen molar-refractivity contribution in [2.75, 3.05) is 7.11 Å². The first-order chi connectivity index (χ1) is 17.2. The number of methoxy groups -OCH3 is 1. The van der Waals surface area contributed by atoms with E-state index in [-0.39, 0.29) is 29.9 Å². The molecule has 0 aliphatic heterocycles. The number of rotatable bonds is 7. The lowest BCUT2D eigenvalue weighted by Gasteiger charge is -2.19. The SMILES string of the molecule is COC1(c2cccc(Cn3nc(-c4nc(-c5ccc(C6(C(F)(F)F)CC6)cc5)no4)cc3C)c2)CC1. The van der Waals surface area contributed by atoms with Gasteiger partial charge in [-0.3, -0.25) is 4.68 Å². The topological polar surface area (TPSA) is 66.0 Å². The van der Waals surface area contributed by atoms with Gasteiger partial charge >= 0.3 is 6.18 Å². The predicted octanol–water partition coefficient (Wildman–Crippen LogP) is 6.19. The highest BCUT2D eigenvalue weighted by atomic mass is 19.4. The van der Waals surface area contributed by atoms with Crippen molar-refractivity contribution in [2.45, 2.75) is 56.3 Å². The van der Waals surface area contributed by atoms with E-state index in [9.17, 15) is 13.2 Å². The first kappa shape index (κ1) is 23.0. The van der Waals surface area contributed by atoms with Crippen molar-refractivity contribution >= 4 is 0 Å². The predicted molar refractivity (Wildman–Crippen MR) is 126 cm³/mol. The number of alkyl halides is 3. The van der Waals surface area contributed by atoms with Gasteiger partial charge in [-0.15, -0.1) is 0 Å². The molecule has 6 nitrogen and oxygen atoms in total. The molecule has 2 aromatic heterocycles. The largest absolute Gasteiger partial charge is 0.398 e. The molecule has 0 unspecified atom stereocenters. The van der Waals surface area contributed by atoms with E-state index in [0.717, 1.165) is 24.1 Å². The fraction of sp³-hybridized carbons (Fsp3) is 0.370. The second-order valence-electron chi connectivity index (χ2n) is 9.81. The highest BCUT2D eigenvalue weighted by molar-refractivity contribution is 5.59. The van der Waals surface area contributed by atoms with Crippen LogP contribution in [-0.4, -0.2) is 33.2 Å². The molecule has 0 N–H and O–H groups in total. The summed E-state index contributed by atoms with van der Waals surface area (Å²) in [6.07, 6.45) is -1.93. The van der Waals surface area contributed by atoms with E-state index in [1.165, 1.54) is 17.7 Å². The van der Waals surface area contributed by atoms with Gasteiger partial charge < -0.3 is 9.26 Å². The van der Waals surface area contributed by atoms with Crippen molar-refractivity contribution in [2.24, 2.45) is 0 Å². The van der Waals surface area contributed by atoms with Crippen molar-refractivity contribution in [3.63, 3.8) is 0 Å². The summed E-state index contributed by atoms with van der Waals surface area (Å²) in [7, 11) is 1.75. The Balaban J connectivity index is 1.20. The molecular formula is C27H25F3N4O2. The molecule has 2 fully saturated rings. The van der Waals surface area contributed by atoms with Crippen LogP contribution >= 0.6 is 0 Å². The van der Waals surface area contributed by atoms with Gasteiger partial charge in [0.15, 0.2) is 5.69 Å². The van der Waals surface area contributed by atoms with Gasteiger partial charge in [0.05, 0.1) is 17.6 Å². The van der Waals surface area contributed by atoms with Crippen molar-refractivity contribution in [3.05, 3.63) is 77.0 Å². The molecule has 186 valence electrons. The van der Waals surface area contributed by atoms with Gasteiger partial charge in [0.2, 0.25) is 5.82 Å². The van der Waals surface area contributed by atoms with E-state index in [0.29, 0.717) is 23.6 Å². The Labute approximate surface area is 206 Å². The lowest BCUT2D eigenvalue weighted by Crippen LogP contribution is -2.28. The molecule has 0 amide bonds. The molecule has 2 aliphatic rings. The fourth-order valence-corrected chi connectivity index (χ4v) is 4.87. The summed E-state index contributed by atoms with van der Waals surface area (Å²) in [4.78, 5) is 4.44. The molecule has 9 heteroatoms. The van der Waals surface area contributed by atoms with Crippen LogP contribution in [0.1, 0.15) is 48.1 Å². The molecule has 0 radical (unpaired) electrons. The van der Waals surface area contributed by atoms with Gasteiger partial charge in [0, 0.05) is 18.4 Å². The smallest absolute Gasteiger partial charge is 0.374 e. The Morgan fingerprint density at radius 1 is 1.00 bits per heavy atom. The number of aromatic nitrogens is 4. The molecule has 0 bridgehead atoms. The molecule has 2 aliphatic carbocycles. The van der Waals surface area contributed by atoms with E-state index in [4.69, 9.17) is 9.26 Å². The highest BCUT2D eigenvalue weighted by Crippen LogP contribution is 2.59. The quantitative estimate of drug-likeness (QED) is 0.307. The lowest BCUT2D eigenvalue weighted by molar-refractivity contribution is -0.160. The number of halogens is 3. The summed E-state index contributed by atoms with van der Waals surface area (Å²) >= 11 is 0. The van der Waals surface area contributed by atoms with Crippen LogP contribution in [0.5, 0.6) is 0 Å². The lowest BCUT2D eigenvalue weighted by atomic mass is 9.94. The zero-order valence-corrected chi connectivity index (χ0v) is 20.0. The van der Waals surface area contributed by atoms with Gasteiger partial charge in [0.1, 0.15) is 0 Å². The average molecular weight is 495 g/mol. The maximum absolute atomic E-state index is 13.4. The minimum absolute atomic E-state index is 0.127. The Kier molecular flexibility index (Phi) is 5.12. The second kappa shape index (κ2) is 8.03. The van der Waals surface area contributed by atoms with Gasteiger partial charge in [-0.05, 0) is 55.4 Å². The summed E-state index contributed by atoms with van der Waals surface area (Å²) in [6.45, 7) is 2.55. The van der Waals surface area contributed by atoms with E-state index >= 15 is 0 Å². The fourth-order valence-electron chi connectivity index (χ4n) is 4.87. The number of ether oxygens (including phenoxy) is 1. The first-order valence-electron chi connectivity index (χ1n) is 11.9. The summed E-state index contributed by atoms with van der Waals surface area (Å²) < 4.78 is 53.2. The van der Waals surface area contributed by atoms with Crippen LogP contribution in [0.2, 0.25) is 0 Å². The molecule has 2 heterocycles. The van der Waals surface area contributed by atoms with E-state index in [2.05, 4.69) is 33.4 Å². The van der Waals surface area contributed by atoms with Crippen LogP contribution in [0.15, 0.2) is 59.1 Å². The maximum atomic E-state index is 13.4. The maximum Gasteiger partial charge on any atom is 0.398 e. The van der Waals surface area contributed by atoms with E-state index in [1.54, 1.807) is 19.2 Å². The molecule has 2 saturated carbocycles. The molecule has 2 aromatic carbocycles. The van der Waals surface area contributed by atoms with Gasteiger partial charge in [-0.2, -0.15) is 23.3 Å². The Morgan fingerprint density at radius 3 is 2.39 bits per heavy atom. The molecule has 36 heavy (non-hydrogen) atoms. The van der Waals surface area contributed by atoms with Gasteiger partial charge in [0.25, 0.3) is 5.89 Å². The summed E-state index contributed by atoms with van der Waals surface area (Å²) in [5.41, 5.74) is 2.80. The van der Waals surface area contributed by atoms with Crippen molar-refractivity contribution in [3.8, 4) is 23.0 Å². The van der Waals surface area contributed by atoms with Crippen LogP contribution in [-0.2, 0) is 22.3 Å². The number of aryl methyl sites for hydroxylation is 1. The number of benzene rings is 2. The normalized spacial score (nSPS) is 17.8. The average Bonchev–Trinajstić information content (AvgIpc) is 3.77. The van der Waals surface area contributed by atoms with Crippen molar-refractivity contribution in [1.82, 2.24) is 19.9 Å². The molecule has 0 spiro atoms. The van der Waals surface area contributed by atoms with Gasteiger partial charge in [-0.1, -0.05) is 53.7 Å². The molecule has 6 rings (SSSR count). The van der Waals surface area contributed by atoms with Crippen LogP contribution < -0.4 is 0 Å². The molecular weight excluding hydrogens is 469 g/mol. The number of nitrogens with zero attached hydrogens (tertiary/aromatic N) is 4. The Hall–Kier alpha value is -3.46. The Morgan fingerprint density at radius 2 is 1.75 bits per heavy atom. The van der Waals surface area contributed by atoms with Crippen LogP contribution in [0.25, 0.3) is 23.0 Å². The minimum Gasteiger partial charge on any atom is -0.374 e. The van der Waals surface area contributed by atoms with Crippen LogP contribution in [0.4, 0.5) is 13.2 Å². The third kappa shape index (κ3) is 3.82. The van der Waals surface area contributed by atoms with E-state index in [1.807, 2.05) is 23.7 Å². The summed E-state index contributed by atoms with van der Waals surface area (Å²) in [5.74, 6) is 0.567. The summed E-state index contributed by atoms with van der Waals surface area (Å²) in [6, 6.07) is 16.5. The minimum atomic E-state index is -4.24. The standard InChI is InChI=1S/C27H25F3N4O2/c1-17-14-22(32-34(17)16-18-4-3-5-21(15-18)26(35-2)12-13-26)24-31-23(33-36-24)19-6-8-20(9-7-19)25(10-11-25)27(28,29)30/h3-9,14-15H,10-13,16H2,1-2H3. The van der Waals surface area contributed by atoms with Crippen LogP contribution in [0.3, 0.4) is 0 Å². The third-order valence-electron chi connectivity index (χ3n) is 7.49. The summed E-state index contributed by atoms with van der Waals surface area (Å²) in [5, 5.41) is 8.68. The number of hydrogen-bond donors (Lipinski definition) is 0. The van der Waals surface area contributed by atoms with Crippen molar-refractivity contribution in [1.29, 1.82) is 0 Å². The van der Waals surface area contributed by atoms with Crippen LogP contribution in [0, 0.1) is 6.92 Å². The monoisotopic (exact) mass is 494 g/mol. The molecule has 4 aromatic rings.